The smallest absolute Gasteiger partial charge is 0.166 e. The molecule has 0 heterocycles. The topological polar surface area (TPSA) is 51.8 Å². The van der Waals surface area contributed by atoms with Crippen molar-refractivity contribution in [3.63, 3.8) is 0 Å². The molecule has 2 aromatic carbocycles. The van der Waals surface area contributed by atoms with Gasteiger partial charge in [-0.15, -0.1) is 11.8 Å². The number of hydrogen-bond acceptors (Lipinski definition) is 5. The van der Waals surface area contributed by atoms with Gasteiger partial charge in [0.25, 0.3) is 0 Å². The molecule has 5 nitrogen and oxygen atoms in total. The van der Waals surface area contributed by atoms with Crippen LogP contribution in [0.2, 0.25) is 0 Å². The summed E-state index contributed by atoms with van der Waals surface area (Å²) in [6.45, 7) is 1.32. The van der Waals surface area contributed by atoms with Crippen LogP contribution in [-0.2, 0) is 6.54 Å². The van der Waals surface area contributed by atoms with Crippen molar-refractivity contribution in [3.8, 4) is 17.2 Å². The van der Waals surface area contributed by atoms with Crippen molar-refractivity contribution >= 4 is 29.1 Å². The Balaban J connectivity index is 1.81. The van der Waals surface area contributed by atoms with Gasteiger partial charge in [-0.1, -0.05) is 18.2 Å². The standard InChI is InChI=1S/C19H24N2O3S2/c1-22-16-12-18(24-3)17(23-2)11-14(16)13-21-19(25)20-9-10-26-15-7-5-4-6-8-15/h4-8,11-12H,9-10,13H2,1-3H3,(H2,20,21,25). The van der Waals surface area contributed by atoms with Gasteiger partial charge in [0.15, 0.2) is 16.6 Å². The largest absolute Gasteiger partial charge is 0.496 e. The minimum atomic E-state index is 0.529. The maximum Gasteiger partial charge on any atom is 0.166 e. The van der Waals surface area contributed by atoms with E-state index < -0.39 is 0 Å². The van der Waals surface area contributed by atoms with E-state index in [2.05, 4.69) is 22.8 Å². The lowest BCUT2D eigenvalue weighted by molar-refractivity contribution is 0.347. The van der Waals surface area contributed by atoms with Crippen molar-refractivity contribution in [2.45, 2.75) is 11.4 Å². The van der Waals surface area contributed by atoms with E-state index in [0.29, 0.717) is 23.2 Å². The Morgan fingerprint density at radius 2 is 1.58 bits per heavy atom. The number of hydrogen-bond donors (Lipinski definition) is 2. The molecule has 0 aliphatic heterocycles. The third-order valence-electron chi connectivity index (χ3n) is 3.63. The van der Waals surface area contributed by atoms with Gasteiger partial charge in [-0.3, -0.25) is 0 Å². The van der Waals surface area contributed by atoms with Gasteiger partial charge in [-0.05, 0) is 30.4 Å². The molecule has 0 amide bonds. The number of benzene rings is 2. The Morgan fingerprint density at radius 3 is 2.23 bits per heavy atom. The SMILES string of the molecule is COc1cc(OC)c(OC)cc1CNC(=S)NCCSc1ccccc1. The third-order valence-corrected chi connectivity index (χ3v) is 4.93. The second kappa shape index (κ2) is 10.8. The van der Waals surface area contributed by atoms with E-state index >= 15 is 0 Å². The van der Waals surface area contributed by atoms with E-state index in [9.17, 15) is 0 Å². The predicted octanol–water partition coefficient (Wildman–Crippen LogP) is 3.47. The lowest BCUT2D eigenvalue weighted by Gasteiger charge is -2.15. The fourth-order valence-electron chi connectivity index (χ4n) is 2.32. The van der Waals surface area contributed by atoms with Crippen LogP contribution in [0.25, 0.3) is 0 Å². The first kappa shape index (κ1) is 20.2. The first-order valence-electron chi connectivity index (χ1n) is 8.16. The summed E-state index contributed by atoms with van der Waals surface area (Å²) in [7, 11) is 4.84. The number of methoxy groups -OCH3 is 3. The molecule has 0 spiro atoms. The monoisotopic (exact) mass is 392 g/mol. The summed E-state index contributed by atoms with van der Waals surface area (Å²) in [5, 5.41) is 7.02. The number of thioether (sulfide) groups is 1. The molecule has 0 radical (unpaired) electrons. The normalized spacial score (nSPS) is 10.1. The lowest BCUT2D eigenvalue weighted by atomic mass is 10.1. The molecule has 0 aliphatic carbocycles. The van der Waals surface area contributed by atoms with E-state index in [1.165, 1.54) is 4.90 Å². The fraction of sp³-hybridized carbons (Fsp3) is 0.316. The molecule has 0 bridgehead atoms. The molecule has 2 rings (SSSR count). The Bertz CT molecular complexity index is 711. The predicted molar refractivity (Wildman–Crippen MR) is 111 cm³/mol. The summed E-state index contributed by atoms with van der Waals surface area (Å²) in [5.74, 6) is 2.94. The summed E-state index contributed by atoms with van der Waals surface area (Å²) in [5.41, 5.74) is 0.938. The summed E-state index contributed by atoms with van der Waals surface area (Å²) in [6, 6.07) is 14.0. The second-order valence-electron chi connectivity index (χ2n) is 5.29. The Hall–Kier alpha value is -2.12. The number of nitrogens with one attached hydrogen (secondary N) is 2. The third kappa shape index (κ3) is 6.00. The van der Waals surface area contributed by atoms with Crippen molar-refractivity contribution in [1.82, 2.24) is 10.6 Å². The first-order valence-corrected chi connectivity index (χ1v) is 9.55. The van der Waals surface area contributed by atoms with Gasteiger partial charge < -0.3 is 24.8 Å². The fourth-order valence-corrected chi connectivity index (χ4v) is 3.28. The highest BCUT2D eigenvalue weighted by atomic mass is 32.2. The zero-order valence-electron chi connectivity index (χ0n) is 15.2. The highest BCUT2D eigenvalue weighted by molar-refractivity contribution is 7.99. The lowest BCUT2D eigenvalue weighted by Crippen LogP contribution is -2.36. The molecule has 26 heavy (non-hydrogen) atoms. The van der Waals surface area contributed by atoms with E-state index in [1.54, 1.807) is 33.1 Å². The van der Waals surface area contributed by atoms with Crippen LogP contribution < -0.4 is 24.8 Å². The van der Waals surface area contributed by atoms with E-state index in [4.69, 9.17) is 26.4 Å². The van der Waals surface area contributed by atoms with Crippen molar-refractivity contribution in [3.05, 3.63) is 48.0 Å². The van der Waals surface area contributed by atoms with Gasteiger partial charge in [-0.2, -0.15) is 0 Å². The van der Waals surface area contributed by atoms with Crippen LogP contribution in [0, 0.1) is 0 Å². The molecule has 0 atom stereocenters. The zero-order chi connectivity index (χ0) is 18.8. The minimum absolute atomic E-state index is 0.529. The molecule has 0 unspecified atom stereocenters. The van der Waals surface area contributed by atoms with Crippen molar-refractivity contribution in [2.75, 3.05) is 33.6 Å². The summed E-state index contributed by atoms with van der Waals surface area (Å²) in [4.78, 5) is 1.25. The molecule has 0 aromatic heterocycles. The molecule has 0 aliphatic rings. The van der Waals surface area contributed by atoms with Crippen LogP contribution in [0.3, 0.4) is 0 Å². The molecule has 2 aromatic rings. The van der Waals surface area contributed by atoms with Gasteiger partial charge in [0.1, 0.15) is 5.75 Å². The molecule has 140 valence electrons. The van der Waals surface area contributed by atoms with Gasteiger partial charge in [0.05, 0.1) is 21.3 Å². The summed E-state index contributed by atoms with van der Waals surface area (Å²) < 4.78 is 16.1. The van der Waals surface area contributed by atoms with E-state index in [-0.39, 0.29) is 0 Å². The molecule has 0 saturated carbocycles. The van der Waals surface area contributed by atoms with E-state index in [0.717, 1.165) is 23.6 Å². The highest BCUT2D eigenvalue weighted by Crippen LogP contribution is 2.34. The van der Waals surface area contributed by atoms with Gasteiger partial charge >= 0.3 is 0 Å². The van der Waals surface area contributed by atoms with Crippen LogP contribution in [0.1, 0.15) is 5.56 Å². The first-order chi connectivity index (χ1) is 12.7. The molecular formula is C19H24N2O3S2. The van der Waals surface area contributed by atoms with Crippen LogP contribution in [0.15, 0.2) is 47.4 Å². The molecule has 0 saturated heterocycles. The van der Waals surface area contributed by atoms with Gasteiger partial charge in [0.2, 0.25) is 0 Å². The number of ether oxygens (including phenoxy) is 3. The van der Waals surface area contributed by atoms with Crippen molar-refractivity contribution in [2.24, 2.45) is 0 Å². The Labute approximate surface area is 164 Å². The molecule has 0 fully saturated rings. The van der Waals surface area contributed by atoms with Crippen molar-refractivity contribution < 1.29 is 14.2 Å². The maximum atomic E-state index is 5.42. The van der Waals surface area contributed by atoms with Gasteiger partial charge in [0, 0.05) is 35.4 Å². The molecule has 2 N–H and O–H groups in total. The van der Waals surface area contributed by atoms with Crippen LogP contribution in [0.5, 0.6) is 17.2 Å². The molecule has 7 heteroatoms. The summed E-state index contributed by atoms with van der Waals surface area (Å²) >= 11 is 7.14. The second-order valence-corrected chi connectivity index (χ2v) is 6.87. The number of thiocarbonyl (C=S) groups is 1. The average molecular weight is 393 g/mol. The Morgan fingerprint density at radius 1 is 0.923 bits per heavy atom. The maximum absolute atomic E-state index is 5.42. The average Bonchev–Trinajstić information content (AvgIpc) is 2.69. The molecular weight excluding hydrogens is 368 g/mol. The highest BCUT2D eigenvalue weighted by Gasteiger charge is 2.12. The number of rotatable bonds is 9. The van der Waals surface area contributed by atoms with E-state index in [1.807, 2.05) is 30.3 Å². The van der Waals surface area contributed by atoms with Crippen LogP contribution in [-0.4, -0.2) is 38.7 Å². The quantitative estimate of drug-likeness (QED) is 0.385. The van der Waals surface area contributed by atoms with Gasteiger partial charge in [-0.25, -0.2) is 0 Å². The zero-order valence-corrected chi connectivity index (χ0v) is 16.8. The van der Waals surface area contributed by atoms with Crippen LogP contribution >= 0.6 is 24.0 Å². The van der Waals surface area contributed by atoms with Crippen molar-refractivity contribution in [1.29, 1.82) is 0 Å². The minimum Gasteiger partial charge on any atom is -0.496 e. The van der Waals surface area contributed by atoms with Crippen LogP contribution in [0.4, 0.5) is 0 Å². The summed E-state index contributed by atoms with van der Waals surface area (Å²) in [6.07, 6.45) is 0. The Kier molecular flexibility index (Phi) is 8.37.